The van der Waals surface area contributed by atoms with Gasteiger partial charge in [-0.1, -0.05) is 18.9 Å². The quantitative estimate of drug-likeness (QED) is 0.887. The van der Waals surface area contributed by atoms with Crippen LogP contribution in [0.15, 0.2) is 18.2 Å². The number of aliphatic hydroxyl groups is 1. The molecule has 2 N–H and O–H groups in total. The number of nitrogens with one attached hydrogen (secondary N) is 1. The van der Waals surface area contributed by atoms with Crippen molar-refractivity contribution in [3.63, 3.8) is 0 Å². The Hall–Kier alpha value is -1.55. The number of hydrogen-bond acceptors (Lipinski definition) is 3. The van der Waals surface area contributed by atoms with E-state index < -0.39 is 0 Å². The zero-order chi connectivity index (χ0) is 13.2. The Kier molecular flexibility index (Phi) is 3.42. The van der Waals surface area contributed by atoms with E-state index >= 15 is 0 Å². The molecule has 19 heavy (non-hydrogen) atoms. The first-order valence-electron chi connectivity index (χ1n) is 7.12. The summed E-state index contributed by atoms with van der Waals surface area (Å²) in [6.45, 7) is 2.81. The van der Waals surface area contributed by atoms with Gasteiger partial charge in [0.1, 0.15) is 0 Å². The van der Waals surface area contributed by atoms with Crippen molar-refractivity contribution in [2.75, 3.05) is 11.9 Å². The normalized spacial score (nSPS) is 16.3. The minimum absolute atomic E-state index is 0.138. The molecule has 2 aromatic rings. The second kappa shape index (κ2) is 5.21. The lowest BCUT2D eigenvalue weighted by molar-refractivity contribution is 0.278. The van der Waals surface area contributed by atoms with Crippen LogP contribution in [0.5, 0.6) is 0 Å². The van der Waals surface area contributed by atoms with Gasteiger partial charge in [0.2, 0.25) is 5.95 Å². The molecule has 0 radical (unpaired) electrons. The molecule has 0 aliphatic heterocycles. The van der Waals surface area contributed by atoms with Crippen LogP contribution in [0.2, 0.25) is 0 Å². The Balaban J connectivity index is 1.98. The number of imidazole rings is 1. The highest BCUT2D eigenvalue weighted by Crippen LogP contribution is 2.25. The minimum Gasteiger partial charge on any atom is -0.395 e. The summed E-state index contributed by atoms with van der Waals surface area (Å²) in [7, 11) is 0. The van der Waals surface area contributed by atoms with Gasteiger partial charge >= 0.3 is 0 Å². The number of aliphatic hydroxyl groups excluding tert-OH is 1. The summed E-state index contributed by atoms with van der Waals surface area (Å²) in [4.78, 5) is 4.70. The van der Waals surface area contributed by atoms with Gasteiger partial charge in [0, 0.05) is 12.6 Å². The summed E-state index contributed by atoms with van der Waals surface area (Å²) in [6, 6.07) is 6.82. The van der Waals surface area contributed by atoms with Gasteiger partial charge in [-0.25, -0.2) is 4.98 Å². The Morgan fingerprint density at radius 3 is 2.89 bits per heavy atom. The van der Waals surface area contributed by atoms with E-state index in [-0.39, 0.29) is 6.61 Å². The first-order valence-corrected chi connectivity index (χ1v) is 7.12. The Bertz CT molecular complexity index is 570. The van der Waals surface area contributed by atoms with Gasteiger partial charge in [-0.3, -0.25) is 0 Å². The zero-order valence-electron chi connectivity index (χ0n) is 11.4. The summed E-state index contributed by atoms with van der Waals surface area (Å²) in [5, 5.41) is 12.8. The molecule has 0 saturated heterocycles. The van der Waals surface area contributed by atoms with E-state index in [1.807, 2.05) is 0 Å². The molecule has 1 heterocycles. The van der Waals surface area contributed by atoms with Gasteiger partial charge in [0.05, 0.1) is 17.6 Å². The molecule has 1 aliphatic carbocycles. The molecule has 1 fully saturated rings. The van der Waals surface area contributed by atoms with Crippen molar-refractivity contribution in [2.45, 2.75) is 45.2 Å². The molecule has 1 aliphatic rings. The lowest BCUT2D eigenvalue weighted by atomic mass is 10.2. The average Bonchev–Trinajstić information content (AvgIpc) is 2.99. The van der Waals surface area contributed by atoms with E-state index in [0.29, 0.717) is 12.6 Å². The first kappa shape index (κ1) is 12.5. The predicted octanol–water partition coefficient (Wildman–Crippen LogP) is 2.69. The van der Waals surface area contributed by atoms with Crippen LogP contribution in [0.3, 0.4) is 0 Å². The smallest absolute Gasteiger partial charge is 0.204 e. The number of rotatable bonds is 4. The molecule has 0 spiro atoms. The third-order valence-corrected chi connectivity index (χ3v) is 3.92. The first-order chi connectivity index (χ1) is 9.28. The van der Waals surface area contributed by atoms with Crippen molar-refractivity contribution in [3.05, 3.63) is 23.8 Å². The molecule has 0 bridgehead atoms. The van der Waals surface area contributed by atoms with E-state index in [9.17, 15) is 5.11 Å². The third kappa shape index (κ3) is 2.45. The van der Waals surface area contributed by atoms with Crippen LogP contribution in [-0.4, -0.2) is 27.3 Å². The number of nitrogens with zero attached hydrogens (tertiary/aromatic N) is 2. The van der Waals surface area contributed by atoms with Crippen molar-refractivity contribution in [3.8, 4) is 0 Å². The summed E-state index contributed by atoms with van der Waals surface area (Å²) >= 11 is 0. The predicted molar refractivity (Wildman–Crippen MR) is 77.4 cm³/mol. The molecule has 1 aromatic heterocycles. The van der Waals surface area contributed by atoms with Crippen LogP contribution < -0.4 is 5.32 Å². The fourth-order valence-corrected chi connectivity index (χ4v) is 2.93. The van der Waals surface area contributed by atoms with E-state index in [4.69, 9.17) is 4.98 Å². The SMILES string of the molecule is Cc1ccc2c(c1)nc(NC1CCCC1)n2CCO. The van der Waals surface area contributed by atoms with Crippen LogP contribution >= 0.6 is 0 Å². The minimum atomic E-state index is 0.138. The summed E-state index contributed by atoms with van der Waals surface area (Å²) in [5.41, 5.74) is 3.32. The van der Waals surface area contributed by atoms with Gasteiger partial charge in [-0.15, -0.1) is 0 Å². The Morgan fingerprint density at radius 1 is 1.37 bits per heavy atom. The fourth-order valence-electron chi connectivity index (χ4n) is 2.93. The molecule has 0 atom stereocenters. The van der Waals surface area contributed by atoms with E-state index in [1.165, 1.54) is 31.2 Å². The van der Waals surface area contributed by atoms with Crippen LogP contribution in [0, 0.1) is 6.92 Å². The standard InChI is InChI=1S/C15H21N3O/c1-11-6-7-14-13(10-11)17-15(18(14)8-9-19)16-12-4-2-3-5-12/h6-7,10,12,19H,2-5,8-9H2,1H3,(H,16,17). The molecule has 1 aromatic carbocycles. The maximum atomic E-state index is 9.26. The number of anilines is 1. The number of aromatic nitrogens is 2. The van der Waals surface area contributed by atoms with Crippen molar-refractivity contribution >= 4 is 17.0 Å². The number of benzene rings is 1. The lowest BCUT2D eigenvalue weighted by Crippen LogP contribution is -2.18. The molecule has 0 amide bonds. The van der Waals surface area contributed by atoms with Crippen LogP contribution in [0.4, 0.5) is 5.95 Å². The second-order valence-electron chi connectivity index (χ2n) is 5.43. The number of hydrogen-bond donors (Lipinski definition) is 2. The highest BCUT2D eigenvalue weighted by Gasteiger charge is 2.18. The largest absolute Gasteiger partial charge is 0.395 e. The average molecular weight is 259 g/mol. The molecule has 0 unspecified atom stereocenters. The second-order valence-corrected chi connectivity index (χ2v) is 5.43. The van der Waals surface area contributed by atoms with Crippen LogP contribution in [-0.2, 0) is 6.54 Å². The topological polar surface area (TPSA) is 50.1 Å². The molecule has 1 saturated carbocycles. The lowest BCUT2D eigenvalue weighted by Gasteiger charge is -2.14. The van der Waals surface area contributed by atoms with Gasteiger partial charge in [0.25, 0.3) is 0 Å². The van der Waals surface area contributed by atoms with E-state index in [2.05, 4.69) is 35.0 Å². The summed E-state index contributed by atoms with van der Waals surface area (Å²) < 4.78 is 2.09. The zero-order valence-corrected chi connectivity index (χ0v) is 11.4. The van der Waals surface area contributed by atoms with Crippen molar-refractivity contribution < 1.29 is 5.11 Å². The maximum absolute atomic E-state index is 9.26. The van der Waals surface area contributed by atoms with Gasteiger partial charge < -0.3 is 15.0 Å². The number of fused-ring (bicyclic) bond motifs is 1. The molecule has 3 rings (SSSR count). The summed E-state index contributed by atoms with van der Waals surface area (Å²) in [5.74, 6) is 0.904. The Labute approximate surface area is 113 Å². The van der Waals surface area contributed by atoms with E-state index in [0.717, 1.165) is 17.0 Å². The highest BCUT2D eigenvalue weighted by molar-refractivity contribution is 5.79. The monoisotopic (exact) mass is 259 g/mol. The van der Waals surface area contributed by atoms with Crippen LogP contribution in [0.1, 0.15) is 31.2 Å². The third-order valence-electron chi connectivity index (χ3n) is 3.92. The molecule has 4 heteroatoms. The van der Waals surface area contributed by atoms with Crippen molar-refractivity contribution in [1.82, 2.24) is 9.55 Å². The van der Waals surface area contributed by atoms with E-state index in [1.54, 1.807) is 0 Å². The summed E-state index contributed by atoms with van der Waals surface area (Å²) in [6.07, 6.45) is 5.05. The Morgan fingerprint density at radius 2 is 2.16 bits per heavy atom. The van der Waals surface area contributed by atoms with Crippen LogP contribution in [0.25, 0.3) is 11.0 Å². The molecule has 4 nitrogen and oxygen atoms in total. The molecular weight excluding hydrogens is 238 g/mol. The van der Waals surface area contributed by atoms with Crippen molar-refractivity contribution in [2.24, 2.45) is 0 Å². The van der Waals surface area contributed by atoms with Crippen molar-refractivity contribution in [1.29, 1.82) is 0 Å². The highest BCUT2D eigenvalue weighted by atomic mass is 16.3. The van der Waals surface area contributed by atoms with Gasteiger partial charge in [-0.05, 0) is 37.5 Å². The molecular formula is C15H21N3O. The molecule has 102 valence electrons. The fraction of sp³-hybridized carbons (Fsp3) is 0.533. The van der Waals surface area contributed by atoms with Gasteiger partial charge in [0.15, 0.2) is 0 Å². The maximum Gasteiger partial charge on any atom is 0.204 e. The number of aryl methyl sites for hydroxylation is 1. The van der Waals surface area contributed by atoms with Gasteiger partial charge in [-0.2, -0.15) is 0 Å².